The number of rotatable bonds is 5. The van der Waals surface area contributed by atoms with Gasteiger partial charge < -0.3 is 5.32 Å². The Bertz CT molecular complexity index is 314. The van der Waals surface area contributed by atoms with E-state index in [1.165, 1.54) is 12.1 Å². The molecule has 0 spiro atoms. The van der Waals surface area contributed by atoms with Gasteiger partial charge in [-0.15, -0.1) is 0 Å². The van der Waals surface area contributed by atoms with E-state index in [1.54, 1.807) is 6.07 Å². The molecule has 84 valence electrons. The molecule has 1 N–H and O–H groups in total. The fourth-order valence-corrected chi connectivity index (χ4v) is 1.89. The second-order valence-electron chi connectivity index (χ2n) is 3.65. The van der Waals surface area contributed by atoms with Crippen molar-refractivity contribution in [2.45, 2.75) is 32.2 Å². The number of halogens is 2. The monoisotopic (exact) mass is 229 g/mol. The zero-order valence-corrected chi connectivity index (χ0v) is 9.94. The third-order valence-electron chi connectivity index (χ3n) is 2.53. The van der Waals surface area contributed by atoms with Crippen molar-refractivity contribution in [1.82, 2.24) is 5.32 Å². The minimum absolute atomic E-state index is 0.146. The van der Waals surface area contributed by atoms with E-state index in [-0.39, 0.29) is 11.9 Å². The lowest BCUT2D eigenvalue weighted by molar-refractivity contribution is 0.518. The van der Waals surface area contributed by atoms with E-state index < -0.39 is 0 Å². The molecule has 0 saturated heterocycles. The first kappa shape index (κ1) is 12.5. The van der Waals surface area contributed by atoms with Gasteiger partial charge in [0.05, 0.1) is 0 Å². The lowest BCUT2D eigenvalue weighted by Gasteiger charge is -2.17. The van der Waals surface area contributed by atoms with Crippen molar-refractivity contribution in [3.8, 4) is 0 Å². The summed E-state index contributed by atoms with van der Waals surface area (Å²) in [7, 11) is 1.88. The van der Waals surface area contributed by atoms with E-state index in [9.17, 15) is 4.39 Å². The largest absolute Gasteiger partial charge is 0.313 e. The van der Waals surface area contributed by atoms with Gasteiger partial charge in [0.1, 0.15) is 5.82 Å². The smallest absolute Gasteiger partial charge is 0.123 e. The predicted octanol–water partition coefficient (Wildman–Crippen LogP) is 3.93. The van der Waals surface area contributed by atoms with Crippen LogP contribution in [-0.4, -0.2) is 7.05 Å². The summed E-state index contributed by atoms with van der Waals surface area (Å²) in [5.41, 5.74) is 0.854. The van der Waals surface area contributed by atoms with Gasteiger partial charge in [0.2, 0.25) is 0 Å². The molecule has 0 saturated carbocycles. The van der Waals surface area contributed by atoms with Crippen LogP contribution in [0.15, 0.2) is 18.2 Å². The van der Waals surface area contributed by atoms with Crippen LogP contribution < -0.4 is 5.32 Å². The second kappa shape index (κ2) is 6.09. The van der Waals surface area contributed by atoms with E-state index in [4.69, 9.17) is 11.6 Å². The zero-order chi connectivity index (χ0) is 11.3. The molecule has 1 aromatic rings. The quantitative estimate of drug-likeness (QED) is 0.807. The summed E-state index contributed by atoms with van der Waals surface area (Å²) in [4.78, 5) is 0. The molecule has 0 bridgehead atoms. The maximum atomic E-state index is 13.1. The Morgan fingerprint density at radius 2 is 2.20 bits per heavy atom. The molecule has 1 rings (SSSR count). The van der Waals surface area contributed by atoms with E-state index in [2.05, 4.69) is 12.2 Å². The molecule has 0 aromatic heterocycles. The molecule has 15 heavy (non-hydrogen) atoms. The standard InChI is InChI=1S/C12H17ClFN/c1-3-4-5-12(15-2)10-8-9(14)6-7-11(10)13/h6-8,12,15H,3-5H2,1-2H3. The Morgan fingerprint density at radius 3 is 2.80 bits per heavy atom. The van der Waals surface area contributed by atoms with Crippen molar-refractivity contribution < 1.29 is 4.39 Å². The highest BCUT2D eigenvalue weighted by Gasteiger charge is 2.12. The van der Waals surface area contributed by atoms with E-state index in [0.29, 0.717) is 5.02 Å². The van der Waals surface area contributed by atoms with E-state index >= 15 is 0 Å². The maximum absolute atomic E-state index is 13.1. The van der Waals surface area contributed by atoms with Gasteiger partial charge in [-0.2, -0.15) is 0 Å². The molecular weight excluding hydrogens is 213 g/mol. The van der Waals surface area contributed by atoms with Crippen molar-refractivity contribution >= 4 is 11.6 Å². The van der Waals surface area contributed by atoms with Gasteiger partial charge >= 0.3 is 0 Å². The second-order valence-corrected chi connectivity index (χ2v) is 4.06. The molecule has 0 aliphatic rings. The fourth-order valence-electron chi connectivity index (χ4n) is 1.65. The van der Waals surface area contributed by atoms with Crippen LogP contribution in [-0.2, 0) is 0 Å². The molecule has 0 aliphatic heterocycles. The third kappa shape index (κ3) is 3.47. The van der Waals surface area contributed by atoms with Gasteiger partial charge in [0.25, 0.3) is 0 Å². The van der Waals surface area contributed by atoms with Crippen molar-refractivity contribution in [2.24, 2.45) is 0 Å². The summed E-state index contributed by atoms with van der Waals surface area (Å²) in [6.45, 7) is 2.14. The molecule has 0 fully saturated rings. The molecule has 1 atom stereocenters. The van der Waals surface area contributed by atoms with Crippen LogP contribution in [0.5, 0.6) is 0 Å². The minimum Gasteiger partial charge on any atom is -0.313 e. The highest BCUT2D eigenvalue weighted by Crippen LogP contribution is 2.27. The molecule has 1 aromatic carbocycles. The van der Waals surface area contributed by atoms with Gasteiger partial charge in [-0.3, -0.25) is 0 Å². The molecule has 1 unspecified atom stereocenters. The first-order valence-corrected chi connectivity index (χ1v) is 5.69. The number of benzene rings is 1. The summed E-state index contributed by atoms with van der Waals surface area (Å²) < 4.78 is 13.1. The van der Waals surface area contributed by atoms with Crippen molar-refractivity contribution in [2.75, 3.05) is 7.05 Å². The molecular formula is C12H17ClFN. The van der Waals surface area contributed by atoms with Gasteiger partial charge in [-0.05, 0) is 37.2 Å². The normalized spacial score (nSPS) is 12.8. The lowest BCUT2D eigenvalue weighted by atomic mass is 10.0. The van der Waals surface area contributed by atoms with Crippen molar-refractivity contribution in [3.63, 3.8) is 0 Å². The van der Waals surface area contributed by atoms with Crippen molar-refractivity contribution in [3.05, 3.63) is 34.6 Å². The Hall–Kier alpha value is -0.600. The summed E-state index contributed by atoms with van der Waals surface area (Å²) >= 11 is 6.04. The van der Waals surface area contributed by atoms with E-state index in [1.807, 2.05) is 7.05 Å². The Morgan fingerprint density at radius 1 is 1.47 bits per heavy atom. The Balaban J connectivity index is 2.85. The third-order valence-corrected chi connectivity index (χ3v) is 2.87. The molecule has 0 amide bonds. The van der Waals surface area contributed by atoms with Crippen LogP contribution >= 0.6 is 11.6 Å². The number of nitrogens with one attached hydrogen (secondary N) is 1. The summed E-state index contributed by atoms with van der Waals surface area (Å²) in [6, 6.07) is 4.66. The Labute approximate surface area is 95.6 Å². The fraction of sp³-hybridized carbons (Fsp3) is 0.500. The first-order chi connectivity index (χ1) is 7.19. The van der Waals surface area contributed by atoms with Crippen LogP contribution in [0.2, 0.25) is 5.02 Å². The zero-order valence-electron chi connectivity index (χ0n) is 9.19. The van der Waals surface area contributed by atoms with Crippen LogP contribution in [0.1, 0.15) is 37.8 Å². The molecule has 1 nitrogen and oxygen atoms in total. The first-order valence-electron chi connectivity index (χ1n) is 5.31. The van der Waals surface area contributed by atoms with Crippen LogP contribution in [0.4, 0.5) is 4.39 Å². The number of hydrogen-bond acceptors (Lipinski definition) is 1. The summed E-state index contributed by atoms with van der Waals surface area (Å²) in [6.07, 6.45) is 3.22. The topological polar surface area (TPSA) is 12.0 Å². The predicted molar refractivity (Wildman–Crippen MR) is 62.7 cm³/mol. The molecule has 0 radical (unpaired) electrons. The molecule has 3 heteroatoms. The SMILES string of the molecule is CCCCC(NC)c1cc(F)ccc1Cl. The molecule has 0 aliphatic carbocycles. The van der Waals surface area contributed by atoms with Gasteiger partial charge in [-0.1, -0.05) is 31.4 Å². The maximum Gasteiger partial charge on any atom is 0.123 e. The minimum atomic E-state index is -0.230. The van der Waals surface area contributed by atoms with Crippen LogP contribution in [0.25, 0.3) is 0 Å². The van der Waals surface area contributed by atoms with Gasteiger partial charge in [0.15, 0.2) is 0 Å². The molecule has 0 heterocycles. The van der Waals surface area contributed by atoms with Gasteiger partial charge in [-0.25, -0.2) is 4.39 Å². The Kier molecular flexibility index (Phi) is 5.06. The average Bonchev–Trinajstić information content (AvgIpc) is 2.24. The summed E-state index contributed by atoms with van der Waals surface area (Å²) in [5.74, 6) is -0.230. The number of unbranched alkanes of at least 4 members (excludes halogenated alkanes) is 1. The lowest BCUT2D eigenvalue weighted by Crippen LogP contribution is -2.16. The number of hydrogen-bond donors (Lipinski definition) is 1. The summed E-state index contributed by atoms with van der Waals surface area (Å²) in [5, 5.41) is 3.80. The highest BCUT2D eigenvalue weighted by atomic mass is 35.5. The van der Waals surface area contributed by atoms with Crippen LogP contribution in [0, 0.1) is 5.82 Å². The highest BCUT2D eigenvalue weighted by molar-refractivity contribution is 6.31. The van der Waals surface area contributed by atoms with Gasteiger partial charge in [0, 0.05) is 11.1 Å². The van der Waals surface area contributed by atoms with Crippen LogP contribution in [0.3, 0.4) is 0 Å². The van der Waals surface area contributed by atoms with E-state index in [0.717, 1.165) is 24.8 Å². The van der Waals surface area contributed by atoms with Crippen molar-refractivity contribution in [1.29, 1.82) is 0 Å². The average molecular weight is 230 g/mol.